The Labute approximate surface area is 154 Å². The van der Waals surface area contributed by atoms with Crippen LogP contribution in [0.5, 0.6) is 5.75 Å². The lowest BCUT2D eigenvalue weighted by atomic mass is 9.72. The predicted octanol–water partition coefficient (Wildman–Crippen LogP) is 4.60. The number of aromatic hydroxyl groups is 1. The summed E-state index contributed by atoms with van der Waals surface area (Å²) in [4.78, 5) is 0. The number of hydrogen-bond acceptors (Lipinski definition) is 3. The largest absolute Gasteiger partial charge is 0.507 e. The van der Waals surface area contributed by atoms with E-state index in [0.717, 1.165) is 27.5 Å². The number of hydrogen-bond donors (Lipinski definition) is 1. The second-order valence-electron chi connectivity index (χ2n) is 7.34. The Balaban J connectivity index is 2.10. The fourth-order valence-electron chi connectivity index (χ4n) is 4.42. The molecule has 3 nitrogen and oxygen atoms in total. The zero-order chi connectivity index (χ0) is 18.5. The van der Waals surface area contributed by atoms with Crippen LogP contribution in [-0.2, 0) is 9.84 Å². The van der Waals surface area contributed by atoms with Crippen molar-refractivity contribution in [2.75, 3.05) is 6.26 Å². The van der Waals surface area contributed by atoms with E-state index in [1.807, 2.05) is 67.6 Å². The summed E-state index contributed by atoms with van der Waals surface area (Å²) in [7, 11) is -3.24. The molecular formula is C22H22O3S. The van der Waals surface area contributed by atoms with E-state index in [2.05, 4.69) is 0 Å². The van der Waals surface area contributed by atoms with E-state index in [4.69, 9.17) is 0 Å². The molecule has 3 aromatic carbocycles. The molecule has 1 aliphatic carbocycles. The first kappa shape index (κ1) is 17.1. The molecule has 4 heteroatoms. The predicted molar refractivity (Wildman–Crippen MR) is 106 cm³/mol. The minimum absolute atomic E-state index is 0.0696. The lowest BCUT2D eigenvalue weighted by Gasteiger charge is -2.37. The molecule has 0 fully saturated rings. The number of sulfone groups is 1. The molecule has 0 saturated carbocycles. The molecule has 0 heterocycles. The van der Waals surface area contributed by atoms with Gasteiger partial charge in [-0.05, 0) is 40.5 Å². The average molecular weight is 366 g/mol. The molecule has 0 bridgehead atoms. The fourth-order valence-corrected chi connectivity index (χ4v) is 5.84. The van der Waals surface area contributed by atoms with Crippen LogP contribution in [0.4, 0.5) is 0 Å². The molecule has 0 aliphatic heterocycles. The number of phenols is 1. The van der Waals surface area contributed by atoms with Crippen molar-refractivity contribution in [2.24, 2.45) is 0 Å². The number of fused-ring (bicyclic) bond motifs is 3. The summed E-state index contributed by atoms with van der Waals surface area (Å²) < 4.78 is 25.4. The lowest BCUT2D eigenvalue weighted by Crippen LogP contribution is -2.34. The Morgan fingerprint density at radius 3 is 2.23 bits per heavy atom. The molecular weight excluding hydrogens is 344 g/mol. The first-order valence-electron chi connectivity index (χ1n) is 8.86. The minimum atomic E-state index is -3.24. The van der Waals surface area contributed by atoms with Crippen LogP contribution in [0.3, 0.4) is 0 Å². The van der Waals surface area contributed by atoms with Gasteiger partial charge >= 0.3 is 0 Å². The number of rotatable bonds is 2. The number of phenolic OH excluding ortho intramolecular Hbond substituents is 1. The zero-order valence-electron chi connectivity index (χ0n) is 14.9. The molecule has 0 unspecified atom stereocenters. The van der Waals surface area contributed by atoms with Crippen LogP contribution in [0.2, 0.25) is 0 Å². The quantitative estimate of drug-likeness (QED) is 0.721. The second kappa shape index (κ2) is 6.13. The van der Waals surface area contributed by atoms with Crippen LogP contribution in [0.25, 0.3) is 10.8 Å². The smallest absolute Gasteiger partial charge is 0.151 e. The Morgan fingerprint density at radius 2 is 1.58 bits per heavy atom. The molecule has 3 atom stereocenters. The van der Waals surface area contributed by atoms with Gasteiger partial charge in [-0.3, -0.25) is 0 Å². The SMILES string of the molecule is C[C@H]1C[C@@H](S(C)(=O)=O)[C@H](c2ccccc2)c2c1cc(O)c1ccccc21. The van der Waals surface area contributed by atoms with Gasteiger partial charge in [-0.1, -0.05) is 61.5 Å². The van der Waals surface area contributed by atoms with Crippen LogP contribution in [0.15, 0.2) is 60.7 Å². The van der Waals surface area contributed by atoms with Gasteiger partial charge in [-0.2, -0.15) is 0 Å². The number of benzene rings is 3. The summed E-state index contributed by atoms with van der Waals surface area (Å²) in [6.45, 7) is 2.05. The van der Waals surface area contributed by atoms with Crippen LogP contribution in [0.1, 0.15) is 41.9 Å². The van der Waals surface area contributed by atoms with Crippen molar-refractivity contribution in [1.29, 1.82) is 0 Å². The Hall–Kier alpha value is -2.33. The molecule has 134 valence electrons. The van der Waals surface area contributed by atoms with E-state index in [1.165, 1.54) is 6.26 Å². The van der Waals surface area contributed by atoms with Crippen LogP contribution in [0, 0.1) is 0 Å². The molecule has 3 aromatic rings. The first-order chi connectivity index (χ1) is 12.4. The zero-order valence-corrected chi connectivity index (χ0v) is 15.7. The molecule has 0 spiro atoms. The summed E-state index contributed by atoms with van der Waals surface area (Å²) in [5, 5.41) is 11.8. The Morgan fingerprint density at radius 1 is 0.962 bits per heavy atom. The van der Waals surface area contributed by atoms with E-state index < -0.39 is 15.1 Å². The van der Waals surface area contributed by atoms with Crippen molar-refractivity contribution >= 4 is 20.6 Å². The highest BCUT2D eigenvalue weighted by Gasteiger charge is 2.41. The van der Waals surface area contributed by atoms with Gasteiger partial charge in [0.1, 0.15) is 5.75 Å². The second-order valence-corrected chi connectivity index (χ2v) is 9.60. The van der Waals surface area contributed by atoms with Crippen molar-refractivity contribution in [1.82, 2.24) is 0 Å². The van der Waals surface area contributed by atoms with E-state index in [0.29, 0.717) is 6.42 Å². The van der Waals surface area contributed by atoms with Gasteiger partial charge in [0.15, 0.2) is 9.84 Å². The van der Waals surface area contributed by atoms with Gasteiger partial charge in [0, 0.05) is 17.6 Å². The van der Waals surface area contributed by atoms with Gasteiger partial charge in [-0.15, -0.1) is 0 Å². The topological polar surface area (TPSA) is 54.4 Å². The van der Waals surface area contributed by atoms with E-state index in [-0.39, 0.29) is 17.6 Å². The molecule has 1 N–H and O–H groups in total. The lowest BCUT2D eigenvalue weighted by molar-refractivity contribution is 0.475. The summed E-state index contributed by atoms with van der Waals surface area (Å²) in [5.41, 5.74) is 3.10. The van der Waals surface area contributed by atoms with E-state index in [1.54, 1.807) is 0 Å². The monoisotopic (exact) mass is 366 g/mol. The van der Waals surface area contributed by atoms with Crippen LogP contribution in [-0.4, -0.2) is 25.0 Å². The summed E-state index contributed by atoms with van der Waals surface area (Å²) in [5.74, 6) is 0.0962. The van der Waals surface area contributed by atoms with Gasteiger partial charge < -0.3 is 5.11 Å². The van der Waals surface area contributed by atoms with Crippen LogP contribution < -0.4 is 0 Å². The summed E-state index contributed by atoms with van der Waals surface area (Å²) in [6.07, 6.45) is 1.90. The third kappa shape index (κ3) is 2.69. The molecule has 26 heavy (non-hydrogen) atoms. The molecule has 0 saturated heterocycles. The maximum atomic E-state index is 12.7. The maximum Gasteiger partial charge on any atom is 0.151 e. The third-order valence-electron chi connectivity index (χ3n) is 5.60. The molecule has 0 radical (unpaired) electrons. The first-order valence-corrected chi connectivity index (χ1v) is 10.8. The van der Waals surface area contributed by atoms with E-state index >= 15 is 0 Å². The van der Waals surface area contributed by atoms with Crippen LogP contribution >= 0.6 is 0 Å². The fraction of sp³-hybridized carbons (Fsp3) is 0.273. The van der Waals surface area contributed by atoms with E-state index in [9.17, 15) is 13.5 Å². The van der Waals surface area contributed by atoms with Crippen molar-refractivity contribution in [3.8, 4) is 5.75 Å². The molecule has 4 rings (SSSR count). The third-order valence-corrected chi connectivity index (χ3v) is 7.17. The van der Waals surface area contributed by atoms with Crippen molar-refractivity contribution in [2.45, 2.75) is 30.4 Å². The van der Waals surface area contributed by atoms with Crippen molar-refractivity contribution in [3.05, 3.63) is 77.4 Å². The Kier molecular flexibility index (Phi) is 4.03. The Bertz CT molecular complexity index is 1070. The minimum Gasteiger partial charge on any atom is -0.507 e. The van der Waals surface area contributed by atoms with Gasteiger partial charge in [-0.25, -0.2) is 8.42 Å². The summed E-state index contributed by atoms with van der Waals surface area (Å²) >= 11 is 0. The summed E-state index contributed by atoms with van der Waals surface area (Å²) in [6, 6.07) is 19.4. The highest BCUT2D eigenvalue weighted by Crippen LogP contribution is 2.49. The highest BCUT2D eigenvalue weighted by atomic mass is 32.2. The highest BCUT2D eigenvalue weighted by molar-refractivity contribution is 7.91. The van der Waals surface area contributed by atoms with Gasteiger partial charge in [0.05, 0.1) is 5.25 Å². The average Bonchev–Trinajstić information content (AvgIpc) is 2.62. The normalized spacial score (nSPS) is 22.9. The maximum absolute atomic E-state index is 12.7. The molecule has 0 aromatic heterocycles. The van der Waals surface area contributed by atoms with Crippen molar-refractivity contribution < 1.29 is 13.5 Å². The van der Waals surface area contributed by atoms with Crippen molar-refractivity contribution in [3.63, 3.8) is 0 Å². The molecule has 1 aliphatic rings. The van der Waals surface area contributed by atoms with Gasteiger partial charge in [0.25, 0.3) is 0 Å². The standard InChI is InChI=1S/C22H22O3S/c1-14-12-20(26(2,24)25)21(15-8-4-3-5-9-15)22-17-11-7-6-10-16(17)19(23)13-18(14)22/h3-11,13-14,20-21,23H,12H2,1-2H3/t14-,20+,21-/m0/s1. The molecule has 0 amide bonds. The van der Waals surface area contributed by atoms with Gasteiger partial charge in [0.2, 0.25) is 0 Å².